The number of H-pyrrole nitrogens is 1. The van der Waals surface area contributed by atoms with Gasteiger partial charge in [0.05, 0.1) is 10.7 Å². The summed E-state index contributed by atoms with van der Waals surface area (Å²) in [7, 11) is 0. The first kappa shape index (κ1) is 19.6. The SMILES string of the molecule is C=C(C)C(=O)OCCOC(=O)Nc1cc(=O)n(-c2cc(Cl)ccc2Cl)[nH]1. The van der Waals surface area contributed by atoms with E-state index in [9.17, 15) is 14.4 Å². The second-order valence-corrected chi connectivity index (χ2v) is 5.96. The van der Waals surface area contributed by atoms with Crippen molar-refractivity contribution in [2.75, 3.05) is 18.5 Å². The Balaban J connectivity index is 1.96. The molecule has 0 aliphatic carbocycles. The van der Waals surface area contributed by atoms with Crippen LogP contribution in [0.25, 0.3) is 5.69 Å². The third kappa shape index (κ3) is 5.14. The molecule has 0 aliphatic heterocycles. The lowest BCUT2D eigenvalue weighted by atomic mass is 10.3. The molecule has 2 N–H and O–H groups in total. The molecular formula is C16H15Cl2N3O5. The van der Waals surface area contributed by atoms with Gasteiger partial charge >= 0.3 is 12.1 Å². The first-order chi connectivity index (χ1) is 12.3. The van der Waals surface area contributed by atoms with Gasteiger partial charge in [-0.2, -0.15) is 0 Å². The molecule has 8 nitrogen and oxygen atoms in total. The number of nitrogens with zero attached hydrogens (tertiary/aromatic N) is 1. The number of amides is 1. The molecule has 0 bridgehead atoms. The minimum atomic E-state index is -0.832. The van der Waals surface area contributed by atoms with Gasteiger partial charge in [0.15, 0.2) is 0 Å². The predicted molar refractivity (Wildman–Crippen MR) is 97.2 cm³/mol. The maximum Gasteiger partial charge on any atom is 0.412 e. The molecule has 0 aliphatic rings. The van der Waals surface area contributed by atoms with Gasteiger partial charge in [-0.25, -0.2) is 14.3 Å². The standard InChI is InChI=1S/C16H15Cl2N3O5/c1-9(2)15(23)25-5-6-26-16(24)19-13-8-14(22)21(20-13)12-7-10(17)3-4-11(12)18/h3-4,7-8,20H,1,5-6H2,2H3,(H,19,24). The van der Waals surface area contributed by atoms with Gasteiger partial charge in [-0.3, -0.25) is 15.2 Å². The van der Waals surface area contributed by atoms with Crippen molar-refractivity contribution in [2.24, 2.45) is 0 Å². The summed E-state index contributed by atoms with van der Waals surface area (Å²) in [6.45, 7) is 4.65. The number of carbonyl (C=O) groups is 2. The summed E-state index contributed by atoms with van der Waals surface area (Å²) < 4.78 is 10.7. The second-order valence-electron chi connectivity index (χ2n) is 5.12. The summed E-state index contributed by atoms with van der Waals surface area (Å²) in [4.78, 5) is 34.9. The van der Waals surface area contributed by atoms with Crippen molar-refractivity contribution in [1.82, 2.24) is 9.78 Å². The maximum absolute atomic E-state index is 12.1. The van der Waals surface area contributed by atoms with Gasteiger partial charge in [0.2, 0.25) is 0 Å². The van der Waals surface area contributed by atoms with E-state index in [0.717, 1.165) is 10.7 Å². The van der Waals surface area contributed by atoms with E-state index in [1.807, 2.05) is 0 Å². The minimum Gasteiger partial charge on any atom is -0.459 e. The van der Waals surface area contributed by atoms with Crippen LogP contribution >= 0.6 is 23.2 Å². The van der Waals surface area contributed by atoms with Crippen LogP contribution in [0, 0.1) is 0 Å². The molecule has 0 spiro atoms. The summed E-state index contributed by atoms with van der Waals surface area (Å²) in [5.41, 5.74) is 0.116. The number of aromatic nitrogens is 2. The lowest BCUT2D eigenvalue weighted by molar-refractivity contribution is -0.139. The normalized spacial score (nSPS) is 10.3. The van der Waals surface area contributed by atoms with Gasteiger partial charge in [-0.05, 0) is 25.1 Å². The maximum atomic E-state index is 12.1. The second kappa shape index (κ2) is 8.59. The quantitative estimate of drug-likeness (QED) is 0.441. The van der Waals surface area contributed by atoms with Gasteiger partial charge in [-0.15, -0.1) is 0 Å². The van der Waals surface area contributed by atoms with Crippen molar-refractivity contribution in [1.29, 1.82) is 0 Å². The van der Waals surface area contributed by atoms with E-state index in [-0.39, 0.29) is 24.6 Å². The zero-order valence-electron chi connectivity index (χ0n) is 13.7. The van der Waals surface area contributed by atoms with Crippen molar-refractivity contribution >= 4 is 41.1 Å². The van der Waals surface area contributed by atoms with Crippen LogP contribution in [-0.2, 0) is 14.3 Å². The number of halogens is 2. The highest BCUT2D eigenvalue weighted by Crippen LogP contribution is 2.23. The summed E-state index contributed by atoms with van der Waals surface area (Å²) >= 11 is 12.0. The number of rotatable bonds is 6. The smallest absolute Gasteiger partial charge is 0.412 e. The van der Waals surface area contributed by atoms with Crippen molar-refractivity contribution in [2.45, 2.75) is 6.92 Å². The summed E-state index contributed by atoms with van der Waals surface area (Å²) in [5.74, 6) is -0.483. The fourth-order valence-electron chi connectivity index (χ4n) is 1.83. The number of benzene rings is 1. The van der Waals surface area contributed by atoms with Crippen LogP contribution in [0.1, 0.15) is 6.92 Å². The summed E-state index contributed by atoms with van der Waals surface area (Å²) in [6.07, 6.45) is -0.832. The van der Waals surface area contributed by atoms with Crippen molar-refractivity contribution in [3.63, 3.8) is 0 Å². The first-order valence-corrected chi connectivity index (χ1v) is 8.07. The lowest BCUT2D eigenvalue weighted by Crippen LogP contribution is -2.18. The molecule has 0 atom stereocenters. The van der Waals surface area contributed by atoms with Crippen LogP contribution in [0.4, 0.5) is 10.6 Å². The van der Waals surface area contributed by atoms with E-state index in [0.29, 0.717) is 15.7 Å². The highest BCUT2D eigenvalue weighted by atomic mass is 35.5. The molecule has 2 rings (SSSR count). The molecule has 1 heterocycles. The number of esters is 1. The highest BCUT2D eigenvalue weighted by molar-refractivity contribution is 6.34. The summed E-state index contributed by atoms with van der Waals surface area (Å²) in [6, 6.07) is 5.78. The van der Waals surface area contributed by atoms with Gasteiger partial charge in [0, 0.05) is 16.7 Å². The van der Waals surface area contributed by atoms with Gasteiger partial charge in [-0.1, -0.05) is 29.8 Å². The molecule has 1 amide bonds. The Kier molecular flexibility index (Phi) is 6.48. The average Bonchev–Trinajstić information content (AvgIpc) is 2.93. The van der Waals surface area contributed by atoms with Crippen molar-refractivity contribution < 1.29 is 19.1 Å². The van der Waals surface area contributed by atoms with Crippen LogP contribution in [-0.4, -0.2) is 35.1 Å². The molecular weight excluding hydrogens is 385 g/mol. The fourth-order valence-corrected chi connectivity index (χ4v) is 2.20. The minimum absolute atomic E-state index is 0.0926. The Hall–Kier alpha value is -2.71. The first-order valence-electron chi connectivity index (χ1n) is 7.32. The zero-order valence-corrected chi connectivity index (χ0v) is 15.2. The highest BCUT2D eigenvalue weighted by Gasteiger charge is 2.12. The van der Waals surface area contributed by atoms with E-state index >= 15 is 0 Å². The number of anilines is 1. The molecule has 10 heteroatoms. The molecule has 26 heavy (non-hydrogen) atoms. The molecule has 1 aromatic carbocycles. The third-order valence-corrected chi connectivity index (χ3v) is 3.56. The zero-order chi connectivity index (χ0) is 19.3. The van der Waals surface area contributed by atoms with Gasteiger partial charge in [0.25, 0.3) is 5.56 Å². The van der Waals surface area contributed by atoms with Crippen LogP contribution < -0.4 is 10.9 Å². The Morgan fingerprint density at radius 1 is 1.23 bits per heavy atom. The largest absolute Gasteiger partial charge is 0.459 e. The molecule has 1 aromatic heterocycles. The van der Waals surface area contributed by atoms with Crippen molar-refractivity contribution in [3.8, 4) is 5.69 Å². The van der Waals surface area contributed by atoms with E-state index in [1.165, 1.54) is 13.0 Å². The number of carbonyl (C=O) groups excluding carboxylic acids is 2. The van der Waals surface area contributed by atoms with E-state index in [1.54, 1.807) is 12.1 Å². The van der Waals surface area contributed by atoms with Crippen LogP contribution in [0.5, 0.6) is 0 Å². The lowest BCUT2D eigenvalue weighted by Gasteiger charge is -2.07. The summed E-state index contributed by atoms with van der Waals surface area (Å²) in [5, 5.41) is 5.71. The van der Waals surface area contributed by atoms with Crippen LogP contribution in [0.2, 0.25) is 10.0 Å². The molecule has 138 valence electrons. The molecule has 0 fully saturated rings. The Labute approximate surface area is 158 Å². The number of hydrogen-bond donors (Lipinski definition) is 2. The van der Waals surface area contributed by atoms with E-state index in [4.69, 9.17) is 32.7 Å². The van der Waals surface area contributed by atoms with Gasteiger partial charge in [0.1, 0.15) is 19.0 Å². The topological polar surface area (TPSA) is 102 Å². The number of aromatic amines is 1. The molecule has 0 radical (unpaired) electrons. The van der Waals surface area contributed by atoms with Gasteiger partial charge < -0.3 is 9.47 Å². The van der Waals surface area contributed by atoms with Crippen LogP contribution in [0.15, 0.2) is 41.2 Å². The number of hydrogen-bond acceptors (Lipinski definition) is 5. The fraction of sp³-hybridized carbons (Fsp3) is 0.188. The third-order valence-electron chi connectivity index (χ3n) is 3.00. The Morgan fingerprint density at radius 3 is 2.62 bits per heavy atom. The molecule has 0 saturated heterocycles. The number of nitrogens with one attached hydrogen (secondary N) is 2. The van der Waals surface area contributed by atoms with E-state index < -0.39 is 17.6 Å². The molecule has 0 unspecified atom stereocenters. The van der Waals surface area contributed by atoms with E-state index in [2.05, 4.69) is 17.0 Å². The molecule has 2 aromatic rings. The number of ether oxygens (including phenoxy) is 2. The predicted octanol–water partition coefficient (Wildman–Crippen LogP) is 3.14. The van der Waals surface area contributed by atoms with Crippen molar-refractivity contribution in [3.05, 3.63) is 56.8 Å². The Morgan fingerprint density at radius 2 is 1.92 bits per heavy atom. The van der Waals surface area contributed by atoms with Crippen LogP contribution in [0.3, 0.4) is 0 Å². The molecule has 0 saturated carbocycles. The Bertz CT molecular complexity index is 904. The average molecular weight is 400 g/mol. The monoisotopic (exact) mass is 399 g/mol.